The lowest BCUT2D eigenvalue weighted by atomic mass is 9.98. The zero-order valence-corrected chi connectivity index (χ0v) is 19.5. The molecule has 0 saturated heterocycles. The van der Waals surface area contributed by atoms with Crippen molar-refractivity contribution in [2.45, 2.75) is 18.4 Å². The van der Waals surface area contributed by atoms with Gasteiger partial charge in [0.25, 0.3) is 0 Å². The molecule has 0 heterocycles. The number of carbonyl (C=O) groups is 2. The van der Waals surface area contributed by atoms with Crippen LogP contribution in [-0.2, 0) is 9.53 Å². The van der Waals surface area contributed by atoms with Crippen molar-refractivity contribution in [1.29, 1.82) is 0 Å². The third kappa shape index (κ3) is 4.52. The highest BCUT2D eigenvalue weighted by atomic mass is 35.5. The molecule has 2 N–H and O–H groups in total. The molecule has 1 aliphatic rings. The second kappa shape index (κ2) is 10.1. The van der Waals surface area contributed by atoms with Gasteiger partial charge in [-0.3, -0.25) is 4.79 Å². The Bertz CT molecular complexity index is 1180. The number of aliphatic carboxylic acids is 1. The van der Waals surface area contributed by atoms with Crippen LogP contribution in [0.3, 0.4) is 0 Å². The van der Waals surface area contributed by atoms with E-state index in [1.165, 1.54) is 14.2 Å². The van der Waals surface area contributed by atoms with Crippen LogP contribution in [0.1, 0.15) is 35.1 Å². The Morgan fingerprint density at radius 1 is 0.971 bits per heavy atom. The molecule has 1 atom stereocenters. The first-order chi connectivity index (χ1) is 16.4. The molecule has 0 fully saturated rings. The van der Waals surface area contributed by atoms with Crippen molar-refractivity contribution in [2.24, 2.45) is 0 Å². The number of rotatable bonds is 8. The van der Waals surface area contributed by atoms with Gasteiger partial charge in [-0.2, -0.15) is 0 Å². The van der Waals surface area contributed by atoms with Crippen LogP contribution in [0.4, 0.5) is 4.79 Å². The van der Waals surface area contributed by atoms with Crippen molar-refractivity contribution in [2.75, 3.05) is 20.8 Å². The summed E-state index contributed by atoms with van der Waals surface area (Å²) in [6.07, 6.45) is -1.13. The lowest BCUT2D eigenvalue weighted by molar-refractivity contribution is -0.137. The number of hydrogen-bond acceptors (Lipinski definition) is 5. The van der Waals surface area contributed by atoms with E-state index < -0.39 is 18.1 Å². The summed E-state index contributed by atoms with van der Waals surface area (Å²) < 4.78 is 16.1. The van der Waals surface area contributed by atoms with Crippen LogP contribution in [0.5, 0.6) is 11.5 Å². The molecule has 0 radical (unpaired) electrons. The second-order valence-corrected chi connectivity index (χ2v) is 8.20. The summed E-state index contributed by atoms with van der Waals surface area (Å²) in [6.45, 7) is 0.110. The first-order valence-corrected chi connectivity index (χ1v) is 11.1. The summed E-state index contributed by atoms with van der Waals surface area (Å²) in [7, 11) is 2.90. The lowest BCUT2D eigenvalue weighted by Gasteiger charge is -2.21. The van der Waals surface area contributed by atoms with E-state index in [1.807, 2.05) is 36.4 Å². The van der Waals surface area contributed by atoms with Gasteiger partial charge in [-0.15, -0.1) is 0 Å². The van der Waals surface area contributed by atoms with Crippen LogP contribution < -0.4 is 14.8 Å². The molecule has 1 amide bonds. The van der Waals surface area contributed by atoms with Gasteiger partial charge in [0.15, 0.2) is 11.5 Å². The van der Waals surface area contributed by atoms with Crippen molar-refractivity contribution in [1.82, 2.24) is 5.32 Å². The maximum absolute atomic E-state index is 12.8. The fraction of sp³-hybridized carbons (Fsp3) is 0.231. The minimum absolute atomic E-state index is 0.110. The minimum Gasteiger partial charge on any atom is -0.493 e. The number of carbonyl (C=O) groups excluding carboxylic acids is 1. The SMILES string of the molecule is COc1ccc([C@H](CC(=O)O)NC(=O)OCC2c3ccccc3-c3ccccc32)c(Cl)c1OC. The first kappa shape index (κ1) is 23.4. The predicted octanol–water partition coefficient (Wildman–Crippen LogP) is 5.41. The van der Waals surface area contributed by atoms with Gasteiger partial charge >= 0.3 is 12.1 Å². The van der Waals surface area contributed by atoms with Gasteiger partial charge in [-0.1, -0.05) is 66.2 Å². The summed E-state index contributed by atoms with van der Waals surface area (Å²) in [4.78, 5) is 24.3. The number of ether oxygens (including phenoxy) is 3. The average molecular weight is 482 g/mol. The fourth-order valence-electron chi connectivity index (χ4n) is 4.37. The number of benzene rings is 3. The Balaban J connectivity index is 1.53. The molecule has 0 aliphatic heterocycles. The van der Waals surface area contributed by atoms with Gasteiger partial charge in [0.05, 0.1) is 31.7 Å². The van der Waals surface area contributed by atoms with E-state index in [0.29, 0.717) is 11.3 Å². The number of alkyl carbamates (subject to hydrolysis) is 1. The number of amides is 1. The van der Waals surface area contributed by atoms with E-state index in [9.17, 15) is 14.7 Å². The number of carboxylic acids is 1. The van der Waals surface area contributed by atoms with Crippen molar-refractivity contribution in [3.8, 4) is 22.6 Å². The number of halogens is 1. The highest BCUT2D eigenvalue weighted by Gasteiger charge is 2.30. The topological polar surface area (TPSA) is 94.1 Å². The Labute approximate surface area is 202 Å². The van der Waals surface area contributed by atoms with Crippen molar-refractivity contribution < 1.29 is 28.9 Å². The van der Waals surface area contributed by atoms with Gasteiger partial charge in [-0.05, 0) is 33.9 Å². The van der Waals surface area contributed by atoms with E-state index in [4.69, 9.17) is 25.8 Å². The molecule has 8 heteroatoms. The van der Waals surface area contributed by atoms with Gasteiger partial charge < -0.3 is 24.6 Å². The Morgan fingerprint density at radius 2 is 1.59 bits per heavy atom. The van der Waals surface area contributed by atoms with Gasteiger partial charge in [0.2, 0.25) is 0 Å². The van der Waals surface area contributed by atoms with E-state index >= 15 is 0 Å². The van der Waals surface area contributed by atoms with E-state index in [2.05, 4.69) is 17.4 Å². The van der Waals surface area contributed by atoms with Gasteiger partial charge in [-0.25, -0.2) is 4.79 Å². The molecule has 1 aliphatic carbocycles. The Morgan fingerprint density at radius 3 is 2.15 bits per heavy atom. The lowest BCUT2D eigenvalue weighted by Crippen LogP contribution is -2.32. The van der Waals surface area contributed by atoms with E-state index in [-0.39, 0.29) is 29.7 Å². The smallest absolute Gasteiger partial charge is 0.407 e. The number of fused-ring (bicyclic) bond motifs is 3. The molecule has 34 heavy (non-hydrogen) atoms. The summed E-state index contributed by atoms with van der Waals surface area (Å²) in [5, 5.41) is 12.2. The van der Waals surface area contributed by atoms with Crippen molar-refractivity contribution in [3.63, 3.8) is 0 Å². The molecule has 3 aromatic carbocycles. The quantitative estimate of drug-likeness (QED) is 0.446. The summed E-state index contributed by atoms with van der Waals surface area (Å²) in [5.74, 6) is -0.562. The third-order valence-corrected chi connectivity index (χ3v) is 6.29. The van der Waals surface area contributed by atoms with Crippen molar-refractivity contribution in [3.05, 3.63) is 82.4 Å². The predicted molar refractivity (Wildman–Crippen MR) is 128 cm³/mol. The molecule has 0 saturated carbocycles. The molecule has 3 aromatic rings. The molecule has 7 nitrogen and oxygen atoms in total. The second-order valence-electron chi connectivity index (χ2n) is 7.82. The zero-order chi connectivity index (χ0) is 24.2. The third-order valence-electron chi connectivity index (χ3n) is 5.90. The first-order valence-electron chi connectivity index (χ1n) is 10.7. The maximum Gasteiger partial charge on any atom is 0.407 e. The van der Waals surface area contributed by atoms with Gasteiger partial charge in [0.1, 0.15) is 6.61 Å². The summed E-state index contributed by atoms with van der Waals surface area (Å²) in [6, 6.07) is 18.3. The van der Waals surface area contributed by atoms with E-state index in [1.54, 1.807) is 12.1 Å². The van der Waals surface area contributed by atoms with Crippen LogP contribution >= 0.6 is 11.6 Å². The molecular formula is C26H24ClNO6. The monoisotopic (exact) mass is 481 g/mol. The Kier molecular flexibility index (Phi) is 6.93. The largest absolute Gasteiger partial charge is 0.493 e. The summed E-state index contributed by atoms with van der Waals surface area (Å²) >= 11 is 6.46. The molecular weight excluding hydrogens is 458 g/mol. The van der Waals surface area contributed by atoms with Crippen LogP contribution in [0.15, 0.2) is 60.7 Å². The molecule has 176 valence electrons. The van der Waals surface area contributed by atoms with Crippen molar-refractivity contribution >= 4 is 23.7 Å². The highest BCUT2D eigenvalue weighted by Crippen LogP contribution is 2.44. The number of hydrogen-bond donors (Lipinski definition) is 2. The van der Waals surface area contributed by atoms with Crippen LogP contribution in [0.2, 0.25) is 5.02 Å². The fourth-order valence-corrected chi connectivity index (χ4v) is 4.73. The minimum atomic E-state index is -1.10. The molecule has 0 aromatic heterocycles. The van der Waals surface area contributed by atoms with Crippen LogP contribution in [-0.4, -0.2) is 38.0 Å². The normalized spacial score (nSPS) is 12.9. The number of carboxylic acid groups (broad SMARTS) is 1. The molecule has 0 bridgehead atoms. The zero-order valence-electron chi connectivity index (χ0n) is 18.7. The maximum atomic E-state index is 12.8. The summed E-state index contributed by atoms with van der Waals surface area (Å²) in [5.41, 5.74) is 4.79. The molecule has 4 rings (SSSR count). The van der Waals surface area contributed by atoms with Crippen LogP contribution in [0.25, 0.3) is 11.1 Å². The number of methoxy groups -OCH3 is 2. The standard InChI is InChI=1S/C26H24ClNO6/c1-32-22-12-11-19(24(27)25(22)33-2)21(13-23(29)30)28-26(31)34-14-20-17-9-5-3-7-15(17)16-8-4-6-10-18(16)20/h3-12,20-21H,13-14H2,1-2H3,(H,28,31)(H,29,30)/t21-/m0/s1. The Hall–Kier alpha value is -3.71. The highest BCUT2D eigenvalue weighted by molar-refractivity contribution is 6.33. The number of nitrogens with one attached hydrogen (secondary N) is 1. The average Bonchev–Trinajstić information content (AvgIpc) is 3.15. The molecule has 0 spiro atoms. The van der Waals surface area contributed by atoms with Crippen LogP contribution in [0, 0.1) is 0 Å². The van der Waals surface area contributed by atoms with E-state index in [0.717, 1.165) is 22.3 Å². The van der Waals surface area contributed by atoms with Gasteiger partial charge in [0, 0.05) is 5.92 Å². The molecule has 0 unspecified atom stereocenters.